The van der Waals surface area contributed by atoms with Crippen LogP contribution in [0, 0.1) is 13.8 Å². The van der Waals surface area contributed by atoms with E-state index >= 15 is 0 Å². The molecule has 0 unspecified atom stereocenters. The van der Waals surface area contributed by atoms with E-state index in [1.807, 2.05) is 0 Å². The summed E-state index contributed by atoms with van der Waals surface area (Å²) in [5.74, 6) is 2.43. The highest BCUT2D eigenvalue weighted by Crippen LogP contribution is 2.29. The van der Waals surface area contributed by atoms with Crippen molar-refractivity contribution < 1.29 is 0 Å². The zero-order valence-electron chi connectivity index (χ0n) is 20.7. The Morgan fingerprint density at radius 2 is 1.28 bits per heavy atom. The summed E-state index contributed by atoms with van der Waals surface area (Å²) in [5.41, 5.74) is 8.09. The Balaban J connectivity index is 1.81. The van der Waals surface area contributed by atoms with Gasteiger partial charge in [0.1, 0.15) is 11.6 Å². The number of hydrogen-bond donors (Lipinski definition) is 0. The Labute approximate surface area is 192 Å². The summed E-state index contributed by atoms with van der Waals surface area (Å²) in [6.07, 6.45) is 0.931. The largest absolute Gasteiger partial charge is 0.284 e. The van der Waals surface area contributed by atoms with Gasteiger partial charge in [0.05, 0.1) is 5.71 Å². The van der Waals surface area contributed by atoms with Crippen molar-refractivity contribution in [3.8, 4) is 11.4 Å². The Hall–Kier alpha value is -2.88. The molecule has 166 valence electrons. The average molecular weight is 427 g/mol. The molecule has 2 aromatic carbocycles. The van der Waals surface area contributed by atoms with Crippen LogP contribution in [0.4, 0.5) is 0 Å². The topological polar surface area (TPSA) is 51.0 Å². The van der Waals surface area contributed by atoms with E-state index in [9.17, 15) is 0 Å². The molecule has 1 aromatic heterocycles. The van der Waals surface area contributed by atoms with Gasteiger partial charge >= 0.3 is 0 Å². The first-order chi connectivity index (χ1) is 14.9. The molecule has 0 N–H and O–H groups in total. The molecule has 0 spiro atoms. The summed E-state index contributed by atoms with van der Waals surface area (Å²) in [5, 5.41) is 0. The standard InChI is InChI=1S/C28H34N4/c1-17-13-18(2)15-21(14-17)23-22-10-9-20(16-19(22)11-12-29-23)24-30-25(27(3,4)5)32-26(31-24)28(6,7)8/h9-10,13-16H,11-12H2,1-8H3. The average Bonchev–Trinajstić information content (AvgIpc) is 2.70. The van der Waals surface area contributed by atoms with Crippen molar-refractivity contribution >= 4 is 5.71 Å². The van der Waals surface area contributed by atoms with Crippen LogP contribution in [-0.4, -0.2) is 27.2 Å². The molecule has 1 aliphatic heterocycles. The summed E-state index contributed by atoms with van der Waals surface area (Å²) in [7, 11) is 0. The lowest BCUT2D eigenvalue weighted by Gasteiger charge is -2.23. The summed E-state index contributed by atoms with van der Waals surface area (Å²) in [6, 6.07) is 13.2. The van der Waals surface area contributed by atoms with Gasteiger partial charge in [0, 0.05) is 34.1 Å². The fraction of sp³-hybridized carbons (Fsp3) is 0.429. The SMILES string of the molecule is Cc1cc(C)cc(C2=NCCc3cc(-c4nc(C(C)(C)C)nc(C(C)(C)C)n4)ccc32)c1. The van der Waals surface area contributed by atoms with Crippen LogP contribution >= 0.6 is 0 Å². The molecule has 0 saturated carbocycles. The second-order valence-electron chi connectivity index (χ2n) is 11.0. The molecule has 32 heavy (non-hydrogen) atoms. The normalized spacial score (nSPS) is 14.2. The summed E-state index contributed by atoms with van der Waals surface area (Å²) in [4.78, 5) is 19.5. The van der Waals surface area contributed by atoms with E-state index in [1.54, 1.807) is 0 Å². The van der Waals surface area contributed by atoms with E-state index in [2.05, 4.69) is 91.8 Å². The molecule has 4 heteroatoms. The molecule has 4 nitrogen and oxygen atoms in total. The number of benzene rings is 2. The smallest absolute Gasteiger partial charge is 0.163 e. The van der Waals surface area contributed by atoms with E-state index in [0.29, 0.717) is 0 Å². The molecular weight excluding hydrogens is 392 g/mol. The molecule has 0 radical (unpaired) electrons. The van der Waals surface area contributed by atoms with Crippen molar-refractivity contribution in [1.29, 1.82) is 0 Å². The zero-order valence-corrected chi connectivity index (χ0v) is 20.7. The molecule has 0 aliphatic carbocycles. The van der Waals surface area contributed by atoms with Crippen molar-refractivity contribution in [2.75, 3.05) is 6.54 Å². The van der Waals surface area contributed by atoms with Gasteiger partial charge < -0.3 is 0 Å². The van der Waals surface area contributed by atoms with Crippen molar-refractivity contribution in [3.63, 3.8) is 0 Å². The number of hydrogen-bond acceptors (Lipinski definition) is 4. The van der Waals surface area contributed by atoms with Crippen LogP contribution in [0.1, 0.15) is 81.0 Å². The molecule has 3 aromatic rings. The lowest BCUT2D eigenvalue weighted by molar-refractivity contribution is 0.497. The molecule has 4 rings (SSSR count). The van der Waals surface area contributed by atoms with Gasteiger partial charge in [-0.2, -0.15) is 0 Å². The summed E-state index contributed by atoms with van der Waals surface area (Å²) < 4.78 is 0. The highest BCUT2D eigenvalue weighted by molar-refractivity contribution is 6.14. The van der Waals surface area contributed by atoms with Crippen LogP contribution in [0.3, 0.4) is 0 Å². The van der Waals surface area contributed by atoms with Crippen molar-refractivity contribution in [2.24, 2.45) is 4.99 Å². The Morgan fingerprint density at radius 1 is 0.688 bits per heavy atom. The minimum Gasteiger partial charge on any atom is -0.284 e. The molecule has 0 saturated heterocycles. The third kappa shape index (κ3) is 4.50. The van der Waals surface area contributed by atoms with Gasteiger partial charge in [-0.15, -0.1) is 0 Å². The third-order valence-electron chi connectivity index (χ3n) is 5.74. The van der Waals surface area contributed by atoms with E-state index in [1.165, 1.54) is 27.8 Å². The monoisotopic (exact) mass is 426 g/mol. The van der Waals surface area contributed by atoms with Gasteiger partial charge in [0.25, 0.3) is 0 Å². The van der Waals surface area contributed by atoms with Crippen molar-refractivity contribution in [3.05, 3.63) is 75.9 Å². The van der Waals surface area contributed by atoms with Gasteiger partial charge in [-0.05, 0) is 44.0 Å². The Kier molecular flexibility index (Phi) is 5.52. The number of aliphatic imine (C=N–C) groups is 1. The van der Waals surface area contributed by atoms with Crippen LogP contribution in [0.25, 0.3) is 11.4 Å². The maximum atomic E-state index is 4.89. The van der Waals surface area contributed by atoms with Crippen molar-refractivity contribution in [1.82, 2.24) is 15.0 Å². The zero-order chi connectivity index (χ0) is 23.3. The van der Waals surface area contributed by atoms with Gasteiger partial charge in [-0.3, -0.25) is 4.99 Å². The second-order valence-corrected chi connectivity index (χ2v) is 11.0. The predicted octanol–water partition coefficient (Wildman–Crippen LogP) is 6.14. The molecular formula is C28H34N4. The van der Waals surface area contributed by atoms with E-state index in [4.69, 9.17) is 19.9 Å². The number of aromatic nitrogens is 3. The van der Waals surface area contributed by atoms with Crippen LogP contribution in [0.5, 0.6) is 0 Å². The van der Waals surface area contributed by atoms with Gasteiger partial charge in [0.15, 0.2) is 5.82 Å². The summed E-state index contributed by atoms with van der Waals surface area (Å²) in [6.45, 7) is 18.0. The second kappa shape index (κ2) is 7.91. The van der Waals surface area contributed by atoms with E-state index in [-0.39, 0.29) is 10.8 Å². The van der Waals surface area contributed by atoms with Crippen LogP contribution in [-0.2, 0) is 17.3 Å². The van der Waals surface area contributed by atoms with Crippen LogP contribution in [0.2, 0.25) is 0 Å². The first kappa shape index (κ1) is 22.3. The highest BCUT2D eigenvalue weighted by Gasteiger charge is 2.26. The first-order valence-electron chi connectivity index (χ1n) is 11.5. The fourth-order valence-electron chi connectivity index (χ4n) is 4.08. The van der Waals surface area contributed by atoms with Gasteiger partial charge in [-0.25, -0.2) is 15.0 Å². The number of rotatable bonds is 2. The fourth-order valence-corrected chi connectivity index (χ4v) is 4.08. The molecule has 0 atom stereocenters. The maximum absolute atomic E-state index is 4.89. The predicted molar refractivity (Wildman–Crippen MR) is 133 cm³/mol. The molecule has 0 bridgehead atoms. The molecule has 0 amide bonds. The number of fused-ring (bicyclic) bond motifs is 1. The lowest BCUT2D eigenvalue weighted by Crippen LogP contribution is -2.24. The van der Waals surface area contributed by atoms with Crippen LogP contribution in [0.15, 0.2) is 41.4 Å². The molecule has 1 aliphatic rings. The number of aryl methyl sites for hydroxylation is 2. The minimum absolute atomic E-state index is 0.144. The highest BCUT2D eigenvalue weighted by atomic mass is 15.1. The number of nitrogens with zero attached hydrogens (tertiary/aromatic N) is 4. The quantitative estimate of drug-likeness (QED) is 0.494. The lowest BCUT2D eigenvalue weighted by atomic mass is 9.90. The first-order valence-corrected chi connectivity index (χ1v) is 11.5. The van der Waals surface area contributed by atoms with Crippen LogP contribution < -0.4 is 0 Å². The third-order valence-corrected chi connectivity index (χ3v) is 5.74. The van der Waals surface area contributed by atoms with Crippen molar-refractivity contribution in [2.45, 2.75) is 72.6 Å². The van der Waals surface area contributed by atoms with E-state index < -0.39 is 0 Å². The summed E-state index contributed by atoms with van der Waals surface area (Å²) >= 11 is 0. The van der Waals surface area contributed by atoms with E-state index in [0.717, 1.165) is 41.7 Å². The minimum atomic E-state index is -0.144. The Morgan fingerprint density at radius 3 is 1.84 bits per heavy atom. The molecule has 0 fully saturated rings. The van der Waals surface area contributed by atoms with Gasteiger partial charge in [0.2, 0.25) is 0 Å². The maximum Gasteiger partial charge on any atom is 0.163 e. The molecule has 2 heterocycles. The Bertz CT molecular complexity index is 1150. The van der Waals surface area contributed by atoms with Gasteiger partial charge in [-0.1, -0.05) is 70.9 Å².